The molecule has 1 aromatic heterocycles. The maximum absolute atomic E-state index is 8.78. The van der Waals surface area contributed by atoms with E-state index in [1.54, 1.807) is 12.3 Å². The van der Waals surface area contributed by atoms with E-state index in [2.05, 4.69) is 20.9 Å². The third-order valence-electron chi connectivity index (χ3n) is 1.43. The van der Waals surface area contributed by atoms with E-state index < -0.39 is 6.04 Å². The average Bonchev–Trinajstić information content (AvgIpc) is 2.08. The van der Waals surface area contributed by atoms with Crippen LogP contribution in [0.2, 0.25) is 5.15 Å². The van der Waals surface area contributed by atoms with Crippen LogP contribution in [0.15, 0.2) is 16.7 Å². The molecule has 3 N–H and O–H groups in total. The highest BCUT2D eigenvalue weighted by Gasteiger charge is 2.09. The second-order valence-corrected chi connectivity index (χ2v) is 3.60. The third-order valence-corrected chi connectivity index (χ3v) is 2.18. The summed E-state index contributed by atoms with van der Waals surface area (Å²) in [5, 5.41) is 9.11. The van der Waals surface area contributed by atoms with Gasteiger partial charge in [-0.15, -0.1) is 0 Å². The van der Waals surface area contributed by atoms with Crippen LogP contribution in [0.5, 0.6) is 0 Å². The maximum atomic E-state index is 8.78. The van der Waals surface area contributed by atoms with Crippen LogP contribution in [0.3, 0.4) is 0 Å². The van der Waals surface area contributed by atoms with Crippen LogP contribution in [0.1, 0.15) is 11.6 Å². The lowest BCUT2D eigenvalue weighted by molar-refractivity contribution is 0.268. The van der Waals surface area contributed by atoms with Gasteiger partial charge in [0.25, 0.3) is 0 Å². The first-order chi connectivity index (χ1) is 5.65. The molecule has 0 aliphatic rings. The molecule has 0 saturated carbocycles. The van der Waals surface area contributed by atoms with Crippen molar-refractivity contribution < 1.29 is 5.11 Å². The van der Waals surface area contributed by atoms with Gasteiger partial charge < -0.3 is 10.8 Å². The van der Waals surface area contributed by atoms with Crippen LogP contribution in [0.4, 0.5) is 0 Å². The first-order valence-corrected chi connectivity index (χ1v) is 4.49. The van der Waals surface area contributed by atoms with Crippen molar-refractivity contribution in [3.63, 3.8) is 0 Å². The molecule has 5 heteroatoms. The molecular weight excluding hydrogens is 243 g/mol. The highest BCUT2D eigenvalue weighted by molar-refractivity contribution is 9.10. The smallest absolute Gasteiger partial charge is 0.133 e. The number of aliphatic hydroxyl groups excluding tert-OH is 1. The Morgan fingerprint density at radius 3 is 3.00 bits per heavy atom. The van der Waals surface area contributed by atoms with Crippen molar-refractivity contribution in [3.8, 4) is 0 Å². The van der Waals surface area contributed by atoms with E-state index in [0.717, 1.165) is 4.47 Å². The fourth-order valence-corrected chi connectivity index (χ4v) is 1.39. The van der Waals surface area contributed by atoms with Crippen molar-refractivity contribution in [3.05, 3.63) is 27.5 Å². The minimum absolute atomic E-state index is 0.141. The van der Waals surface area contributed by atoms with Crippen LogP contribution in [0, 0.1) is 0 Å². The Kier molecular flexibility index (Phi) is 3.46. The number of halogens is 2. The number of pyridine rings is 1. The standard InChI is InChI=1S/C7H8BrClN2O/c8-4-1-5(6(10)3-12)7(9)11-2-4/h1-2,6,12H,3,10H2/t6-/m1/s1. The number of nitrogens with two attached hydrogens (primary N) is 1. The van der Waals surface area contributed by atoms with Crippen molar-refractivity contribution in [2.75, 3.05) is 6.61 Å². The van der Waals surface area contributed by atoms with Crippen LogP contribution in [-0.2, 0) is 0 Å². The number of rotatable bonds is 2. The van der Waals surface area contributed by atoms with Crippen molar-refractivity contribution in [1.29, 1.82) is 0 Å². The van der Waals surface area contributed by atoms with Crippen LogP contribution in [0.25, 0.3) is 0 Å². The monoisotopic (exact) mass is 250 g/mol. The Labute approximate surface area is 83.7 Å². The van der Waals surface area contributed by atoms with Gasteiger partial charge >= 0.3 is 0 Å². The SMILES string of the molecule is N[C@H](CO)c1cc(Br)cnc1Cl. The summed E-state index contributed by atoms with van der Waals surface area (Å²) in [7, 11) is 0. The van der Waals surface area contributed by atoms with Gasteiger partial charge in [0.05, 0.1) is 12.6 Å². The van der Waals surface area contributed by atoms with Crippen LogP contribution >= 0.6 is 27.5 Å². The zero-order chi connectivity index (χ0) is 9.14. The molecule has 12 heavy (non-hydrogen) atoms. The largest absolute Gasteiger partial charge is 0.394 e. The van der Waals surface area contributed by atoms with Gasteiger partial charge in [-0.1, -0.05) is 11.6 Å². The normalized spacial score (nSPS) is 13.0. The molecule has 0 aliphatic heterocycles. The van der Waals surface area contributed by atoms with E-state index in [1.807, 2.05) is 0 Å². The molecule has 0 spiro atoms. The number of hydrogen-bond acceptors (Lipinski definition) is 3. The Hall–Kier alpha value is -0.160. The number of nitrogens with zero attached hydrogens (tertiary/aromatic N) is 1. The molecule has 1 aromatic rings. The van der Waals surface area contributed by atoms with Crippen molar-refractivity contribution in [2.45, 2.75) is 6.04 Å². The predicted octanol–water partition coefficient (Wildman–Crippen LogP) is 1.49. The van der Waals surface area contributed by atoms with Gasteiger partial charge in [0.1, 0.15) is 5.15 Å². The third kappa shape index (κ3) is 2.17. The van der Waals surface area contributed by atoms with Crippen molar-refractivity contribution >= 4 is 27.5 Å². The zero-order valence-corrected chi connectivity index (χ0v) is 8.51. The Balaban J connectivity index is 3.04. The van der Waals surface area contributed by atoms with E-state index >= 15 is 0 Å². The molecule has 1 heterocycles. The molecule has 0 aliphatic carbocycles. The minimum atomic E-state index is -0.470. The molecule has 0 unspecified atom stereocenters. The Morgan fingerprint density at radius 1 is 1.75 bits per heavy atom. The summed E-state index contributed by atoms with van der Waals surface area (Å²) < 4.78 is 0.797. The molecule has 66 valence electrons. The topological polar surface area (TPSA) is 59.1 Å². The van der Waals surface area contributed by atoms with Gasteiger partial charge in [-0.05, 0) is 22.0 Å². The summed E-state index contributed by atoms with van der Waals surface area (Å²) in [5.41, 5.74) is 6.22. The molecule has 0 fully saturated rings. The molecule has 0 bridgehead atoms. The van der Waals surface area contributed by atoms with Crippen molar-refractivity contribution in [2.24, 2.45) is 5.73 Å². The second kappa shape index (κ2) is 4.18. The van der Waals surface area contributed by atoms with Crippen LogP contribution < -0.4 is 5.73 Å². The molecule has 3 nitrogen and oxygen atoms in total. The molecular formula is C7H8BrClN2O. The van der Waals surface area contributed by atoms with E-state index in [0.29, 0.717) is 10.7 Å². The van der Waals surface area contributed by atoms with Crippen molar-refractivity contribution in [1.82, 2.24) is 4.98 Å². The Bertz CT molecular complexity index is 282. The lowest BCUT2D eigenvalue weighted by atomic mass is 10.1. The molecule has 0 radical (unpaired) electrons. The first-order valence-electron chi connectivity index (χ1n) is 3.32. The molecule has 0 amide bonds. The molecule has 0 aromatic carbocycles. The van der Waals surface area contributed by atoms with Gasteiger partial charge in [-0.25, -0.2) is 4.98 Å². The van der Waals surface area contributed by atoms with Gasteiger partial charge in [0.2, 0.25) is 0 Å². The summed E-state index contributed by atoms with van der Waals surface area (Å²) >= 11 is 8.98. The summed E-state index contributed by atoms with van der Waals surface area (Å²) in [4.78, 5) is 3.88. The van der Waals surface area contributed by atoms with Gasteiger partial charge in [-0.2, -0.15) is 0 Å². The Morgan fingerprint density at radius 2 is 2.42 bits per heavy atom. The summed E-state index contributed by atoms with van der Waals surface area (Å²) in [6, 6.07) is 1.28. The average molecular weight is 252 g/mol. The first kappa shape index (κ1) is 9.92. The number of aromatic nitrogens is 1. The minimum Gasteiger partial charge on any atom is -0.394 e. The zero-order valence-electron chi connectivity index (χ0n) is 6.17. The lowest BCUT2D eigenvalue weighted by Crippen LogP contribution is -2.15. The summed E-state index contributed by atoms with van der Waals surface area (Å²) in [5.74, 6) is 0. The second-order valence-electron chi connectivity index (χ2n) is 2.32. The number of hydrogen-bond donors (Lipinski definition) is 2. The maximum Gasteiger partial charge on any atom is 0.133 e. The fraction of sp³-hybridized carbons (Fsp3) is 0.286. The van der Waals surface area contributed by atoms with E-state index in [1.165, 1.54) is 0 Å². The number of aliphatic hydroxyl groups is 1. The summed E-state index contributed by atoms with van der Waals surface area (Å²) in [6.07, 6.45) is 1.58. The predicted molar refractivity (Wildman–Crippen MR) is 51.0 cm³/mol. The van der Waals surface area contributed by atoms with Gasteiger partial charge in [0, 0.05) is 16.2 Å². The molecule has 1 atom stereocenters. The fourth-order valence-electron chi connectivity index (χ4n) is 0.797. The molecule has 1 rings (SSSR count). The van der Waals surface area contributed by atoms with Crippen LogP contribution in [-0.4, -0.2) is 16.7 Å². The molecule has 0 saturated heterocycles. The van der Waals surface area contributed by atoms with Gasteiger partial charge in [-0.3, -0.25) is 0 Å². The highest BCUT2D eigenvalue weighted by atomic mass is 79.9. The van der Waals surface area contributed by atoms with E-state index in [9.17, 15) is 0 Å². The highest BCUT2D eigenvalue weighted by Crippen LogP contribution is 2.22. The summed E-state index contributed by atoms with van der Waals surface area (Å²) in [6.45, 7) is -0.141. The lowest BCUT2D eigenvalue weighted by Gasteiger charge is -2.09. The van der Waals surface area contributed by atoms with Gasteiger partial charge in [0.15, 0.2) is 0 Å². The van der Waals surface area contributed by atoms with E-state index in [-0.39, 0.29) is 6.61 Å². The quantitative estimate of drug-likeness (QED) is 0.783. The van der Waals surface area contributed by atoms with E-state index in [4.69, 9.17) is 22.4 Å².